The van der Waals surface area contributed by atoms with Crippen molar-refractivity contribution < 1.29 is 42.9 Å². The highest BCUT2D eigenvalue weighted by Crippen LogP contribution is 2.32. The number of ketones is 1. The zero-order valence-electron chi connectivity index (χ0n) is 40.4. The third-order valence-electron chi connectivity index (χ3n) is 12.8. The maximum atomic E-state index is 14.6. The quantitative estimate of drug-likeness (QED) is 0.0532. The molecule has 13 heteroatoms. The van der Waals surface area contributed by atoms with E-state index in [-0.39, 0.29) is 85.2 Å². The van der Waals surface area contributed by atoms with Crippen molar-refractivity contribution in [1.82, 2.24) is 14.7 Å². The molecule has 0 spiro atoms. The van der Waals surface area contributed by atoms with Gasteiger partial charge in [-0.25, -0.2) is 0 Å². The normalized spacial score (nSPS) is 17.6. The van der Waals surface area contributed by atoms with E-state index in [1.54, 1.807) is 33.2 Å². The van der Waals surface area contributed by atoms with Crippen molar-refractivity contribution in [3.05, 3.63) is 35.9 Å². The van der Waals surface area contributed by atoms with Crippen molar-refractivity contribution in [2.45, 2.75) is 144 Å². The van der Waals surface area contributed by atoms with E-state index in [4.69, 9.17) is 35.9 Å². The van der Waals surface area contributed by atoms with Crippen LogP contribution in [-0.4, -0.2) is 148 Å². The average molecular weight is 890 g/mol. The molecule has 62 heavy (non-hydrogen) atoms. The number of hydrogen-bond acceptors (Lipinski definition) is 10. The van der Waals surface area contributed by atoms with Crippen molar-refractivity contribution in [3.63, 3.8) is 0 Å². The molecule has 12 nitrogen and oxygen atoms in total. The molecule has 1 fully saturated rings. The van der Waals surface area contributed by atoms with E-state index in [9.17, 15) is 19.2 Å². The predicted molar refractivity (Wildman–Crippen MR) is 250 cm³/mol. The largest absolute Gasteiger partial charge is 0.379 e. The van der Waals surface area contributed by atoms with Crippen molar-refractivity contribution in [2.75, 3.05) is 74.5 Å². The van der Waals surface area contributed by atoms with Crippen molar-refractivity contribution >= 4 is 40.6 Å². The highest BCUT2D eigenvalue weighted by Gasteiger charge is 2.43. The van der Waals surface area contributed by atoms with Crippen LogP contribution in [0.5, 0.6) is 0 Å². The van der Waals surface area contributed by atoms with E-state index in [2.05, 4.69) is 45.0 Å². The topological polar surface area (TPSA) is 124 Å². The molecule has 8 atom stereocenters. The van der Waals surface area contributed by atoms with Gasteiger partial charge in [0.2, 0.25) is 17.7 Å². The Bertz CT molecular complexity index is 1480. The highest BCUT2D eigenvalue weighted by molar-refractivity contribution is 7.80. The Morgan fingerprint density at radius 3 is 2.00 bits per heavy atom. The van der Waals surface area contributed by atoms with Crippen molar-refractivity contribution in [3.8, 4) is 0 Å². The van der Waals surface area contributed by atoms with E-state index in [0.29, 0.717) is 39.6 Å². The number of aryl methyl sites for hydroxylation is 1. The smallest absolute Gasteiger partial charge is 0.226 e. The number of likely N-dealkylation sites (N-methyl/N-ethyl adjacent to an activating group) is 2. The number of amides is 3. The summed E-state index contributed by atoms with van der Waals surface area (Å²) < 4.78 is 28.6. The fourth-order valence-corrected chi connectivity index (χ4v) is 9.28. The highest BCUT2D eigenvalue weighted by atomic mass is 32.1. The lowest BCUT2D eigenvalue weighted by molar-refractivity contribution is -0.149. The number of carbonyl (C=O) groups excluding carboxylic acids is 4. The summed E-state index contributed by atoms with van der Waals surface area (Å²) in [5.41, 5.74) is 1.30. The summed E-state index contributed by atoms with van der Waals surface area (Å²) in [6, 6.07) is 9.18. The van der Waals surface area contributed by atoms with E-state index < -0.39 is 24.1 Å². The van der Waals surface area contributed by atoms with Crippen LogP contribution in [0, 0.1) is 29.6 Å². The molecule has 1 aromatic carbocycles. The Kier molecular flexibility index (Phi) is 26.4. The molecule has 0 aromatic heterocycles. The Morgan fingerprint density at radius 1 is 0.806 bits per heavy atom. The van der Waals surface area contributed by atoms with Gasteiger partial charge in [-0.2, -0.15) is 0 Å². The first-order valence-electron chi connectivity index (χ1n) is 23.3. The number of hydrogen-bond donors (Lipinski definition) is 0. The fourth-order valence-electron chi connectivity index (χ4n) is 9.00. The molecule has 0 radical (unpaired) electrons. The molecule has 0 bridgehead atoms. The lowest BCUT2D eigenvalue weighted by Crippen LogP contribution is -2.54. The number of likely N-dealkylation sites (tertiary alicyclic amines) is 1. The first-order chi connectivity index (χ1) is 29.5. The van der Waals surface area contributed by atoms with Crippen LogP contribution in [0.4, 0.5) is 0 Å². The summed E-state index contributed by atoms with van der Waals surface area (Å²) in [5.74, 6) is -1.53. The van der Waals surface area contributed by atoms with Crippen LogP contribution in [-0.2, 0) is 49.3 Å². The van der Waals surface area contributed by atoms with Crippen LogP contribution in [0.25, 0.3) is 0 Å². The zero-order valence-corrected chi connectivity index (χ0v) is 41.2. The molecule has 354 valence electrons. The monoisotopic (exact) mass is 890 g/mol. The maximum absolute atomic E-state index is 14.6. The van der Waals surface area contributed by atoms with Gasteiger partial charge in [0.05, 0.1) is 76.2 Å². The zero-order chi connectivity index (χ0) is 46.4. The average Bonchev–Trinajstić information content (AvgIpc) is 3.74. The van der Waals surface area contributed by atoms with Gasteiger partial charge in [-0.05, 0) is 67.2 Å². The minimum Gasteiger partial charge on any atom is -0.379 e. The van der Waals surface area contributed by atoms with Gasteiger partial charge in [0.25, 0.3) is 0 Å². The summed E-state index contributed by atoms with van der Waals surface area (Å²) in [6.45, 7) is 19.2. The molecule has 1 aliphatic rings. The second-order valence-corrected chi connectivity index (χ2v) is 18.3. The van der Waals surface area contributed by atoms with Crippen LogP contribution in [0.2, 0.25) is 0 Å². The number of ether oxygens (including phenoxy) is 5. The number of Topliss-reactive ketones (excluding diaryl/α,β-unsaturated/α-hetero) is 1. The van der Waals surface area contributed by atoms with Gasteiger partial charge >= 0.3 is 0 Å². The summed E-state index contributed by atoms with van der Waals surface area (Å²) in [4.78, 5) is 62.5. The molecule has 0 N–H and O–H groups in total. The number of benzene rings is 1. The standard InChI is InChI=1S/C49H83N3O9S/c1-13-36(7)47(42(57-11)33-45(55)52-26-19-23-40(52)48(58-12)37(8)43(62)24-18-22-38-20-16-15-17-21-38)51(10)49(56)39(34(3)4)32-41(53)46(35(5)6)50(9)44(54)25-27-60-30-31-61-29-28-59-14-2/h15-17,20-21,34-37,39-40,42,46-48H,13-14,18-19,22-33H2,1-12H3/t36-,37-,39-,40-,42+,46-,47-,48+/m0/s1. The minimum atomic E-state index is -0.700. The van der Waals surface area contributed by atoms with Crippen LogP contribution in [0.15, 0.2) is 30.3 Å². The Morgan fingerprint density at radius 2 is 1.44 bits per heavy atom. The first-order valence-corrected chi connectivity index (χ1v) is 23.7. The molecule has 1 saturated heterocycles. The van der Waals surface area contributed by atoms with E-state index in [1.165, 1.54) is 10.5 Å². The van der Waals surface area contributed by atoms with Crippen LogP contribution in [0.3, 0.4) is 0 Å². The van der Waals surface area contributed by atoms with Crippen LogP contribution in [0.1, 0.15) is 112 Å². The summed E-state index contributed by atoms with van der Waals surface area (Å²) in [5, 5.41) is 0. The molecule has 0 saturated carbocycles. The van der Waals surface area contributed by atoms with Crippen molar-refractivity contribution in [2.24, 2.45) is 29.6 Å². The molecule has 1 aliphatic heterocycles. The molecule has 1 aromatic rings. The molecule has 3 amide bonds. The SMILES string of the molecule is CCOCCOCCOCCC(=O)N(C)[C@H](C(=O)C[C@H](C(=O)N(C)[C@@H]([C@@H](C)CC)[C@@H](CC(=O)N1CCC[C@H]1[C@H](OC)[C@@H](C)C(=S)CCCc1ccccc1)OC)C(C)C)C(C)C. The van der Waals surface area contributed by atoms with Gasteiger partial charge in [0.1, 0.15) is 0 Å². The van der Waals surface area contributed by atoms with Crippen molar-refractivity contribution in [1.29, 1.82) is 0 Å². The fraction of sp³-hybridized carbons (Fsp3) is 0.776. The number of thiocarbonyl (C=S) groups is 1. The molecule has 1 heterocycles. The third-order valence-corrected chi connectivity index (χ3v) is 13.4. The summed E-state index contributed by atoms with van der Waals surface area (Å²) in [7, 11) is 6.74. The summed E-state index contributed by atoms with van der Waals surface area (Å²) >= 11 is 5.96. The lowest BCUT2D eigenvalue weighted by Gasteiger charge is -2.41. The lowest BCUT2D eigenvalue weighted by atomic mass is 9.83. The minimum absolute atomic E-state index is 0.00406. The second-order valence-electron chi connectivity index (χ2n) is 17.8. The van der Waals surface area contributed by atoms with Crippen LogP contribution >= 0.6 is 12.2 Å². The van der Waals surface area contributed by atoms with Gasteiger partial charge in [-0.15, -0.1) is 0 Å². The van der Waals surface area contributed by atoms with Gasteiger partial charge in [-0.1, -0.05) is 97.4 Å². The predicted octanol–water partition coefficient (Wildman–Crippen LogP) is 7.47. The first kappa shape index (κ1) is 55.3. The molecular weight excluding hydrogens is 807 g/mol. The molecule has 0 unspecified atom stereocenters. The molecular formula is C49H83N3O9S. The number of carbonyl (C=O) groups is 4. The van der Waals surface area contributed by atoms with Gasteiger partial charge in [0, 0.05) is 59.7 Å². The number of nitrogens with zero attached hydrogens (tertiary/aromatic N) is 3. The van der Waals surface area contributed by atoms with E-state index in [0.717, 1.165) is 43.4 Å². The van der Waals surface area contributed by atoms with Gasteiger partial charge < -0.3 is 38.4 Å². The Balaban J connectivity index is 2.14. The van der Waals surface area contributed by atoms with Crippen LogP contribution < -0.4 is 0 Å². The third kappa shape index (κ3) is 17.3. The summed E-state index contributed by atoms with van der Waals surface area (Å²) in [6.07, 6.45) is 4.59. The van der Waals surface area contributed by atoms with Gasteiger partial charge in [0.15, 0.2) is 5.78 Å². The molecule has 2 rings (SSSR count). The van der Waals surface area contributed by atoms with E-state index in [1.807, 2.05) is 45.6 Å². The Labute approximate surface area is 380 Å². The number of rotatable bonds is 32. The number of methoxy groups -OCH3 is 2. The Hall–Kier alpha value is -2.81. The maximum Gasteiger partial charge on any atom is 0.226 e. The molecule has 0 aliphatic carbocycles. The second kappa shape index (κ2) is 29.6. The van der Waals surface area contributed by atoms with E-state index >= 15 is 0 Å². The van der Waals surface area contributed by atoms with Gasteiger partial charge in [-0.3, -0.25) is 19.2 Å².